The van der Waals surface area contributed by atoms with E-state index < -0.39 is 0 Å². The van der Waals surface area contributed by atoms with E-state index in [0.717, 1.165) is 19.4 Å². The average Bonchev–Trinajstić information content (AvgIpc) is 2.31. The molecule has 0 aromatic carbocycles. The van der Waals surface area contributed by atoms with E-state index in [1.807, 2.05) is 0 Å². The van der Waals surface area contributed by atoms with E-state index in [1.165, 1.54) is 11.3 Å². The van der Waals surface area contributed by atoms with Crippen LogP contribution in [-0.4, -0.2) is 6.54 Å². The number of hydrogen-bond donors (Lipinski definition) is 1. The van der Waals surface area contributed by atoms with E-state index >= 15 is 0 Å². The summed E-state index contributed by atoms with van der Waals surface area (Å²) in [4.78, 5) is 0. The first-order valence-electron chi connectivity index (χ1n) is 4.67. The van der Waals surface area contributed by atoms with E-state index in [9.17, 15) is 0 Å². The Morgan fingerprint density at radius 1 is 1.33 bits per heavy atom. The minimum absolute atomic E-state index is 1.01. The topological polar surface area (TPSA) is 12.0 Å². The van der Waals surface area contributed by atoms with Crippen molar-refractivity contribution < 1.29 is 0 Å². The molecule has 0 aromatic rings. The molecule has 66 valence electrons. The highest BCUT2D eigenvalue weighted by atomic mass is 14.9. The molecule has 0 aromatic heterocycles. The molecule has 1 heteroatoms. The Morgan fingerprint density at radius 3 is 2.83 bits per heavy atom. The largest absolute Gasteiger partial charge is 0.388 e. The zero-order valence-electron chi connectivity index (χ0n) is 7.93. The monoisotopic (exact) mass is 163 g/mol. The third kappa shape index (κ3) is 2.57. The van der Waals surface area contributed by atoms with Gasteiger partial charge in [-0.25, -0.2) is 0 Å². The molecule has 0 saturated heterocycles. The van der Waals surface area contributed by atoms with Gasteiger partial charge >= 0.3 is 0 Å². The molecule has 1 aliphatic rings. The van der Waals surface area contributed by atoms with E-state index in [2.05, 4.69) is 43.5 Å². The van der Waals surface area contributed by atoms with E-state index in [4.69, 9.17) is 0 Å². The van der Waals surface area contributed by atoms with Gasteiger partial charge in [0.1, 0.15) is 0 Å². The molecule has 0 atom stereocenters. The van der Waals surface area contributed by atoms with E-state index in [0.29, 0.717) is 0 Å². The number of hydrogen-bond acceptors (Lipinski definition) is 1. The highest BCUT2D eigenvalue weighted by Gasteiger charge is 1.95. The van der Waals surface area contributed by atoms with Crippen molar-refractivity contribution >= 4 is 0 Å². The molecule has 0 saturated carbocycles. The molecular formula is C11H17N. The lowest BCUT2D eigenvalue weighted by atomic mass is 10.2. The summed E-state index contributed by atoms with van der Waals surface area (Å²) >= 11 is 0. The Morgan fingerprint density at radius 2 is 2.17 bits per heavy atom. The van der Waals surface area contributed by atoms with E-state index in [-0.39, 0.29) is 0 Å². The zero-order chi connectivity index (χ0) is 8.81. The molecular weight excluding hydrogens is 146 g/mol. The lowest BCUT2D eigenvalue weighted by Gasteiger charge is -2.03. The van der Waals surface area contributed by atoms with Crippen molar-refractivity contribution in [2.75, 3.05) is 6.54 Å². The molecule has 1 N–H and O–H groups in total. The molecule has 1 aliphatic carbocycles. The predicted octanol–water partition coefficient (Wildman–Crippen LogP) is 2.78. The first kappa shape index (κ1) is 9.11. The van der Waals surface area contributed by atoms with Crippen molar-refractivity contribution in [2.45, 2.75) is 26.7 Å². The van der Waals surface area contributed by atoms with Crippen LogP contribution in [-0.2, 0) is 0 Å². The maximum atomic E-state index is 3.33. The fourth-order valence-corrected chi connectivity index (χ4v) is 1.26. The van der Waals surface area contributed by atoms with Crippen molar-refractivity contribution in [3.63, 3.8) is 0 Å². The zero-order valence-corrected chi connectivity index (χ0v) is 7.93. The highest BCUT2D eigenvalue weighted by Crippen LogP contribution is 2.11. The maximum absolute atomic E-state index is 3.33. The Kier molecular flexibility index (Phi) is 3.65. The summed E-state index contributed by atoms with van der Waals surface area (Å²) in [5.41, 5.74) is 2.72. The molecule has 1 rings (SSSR count). The van der Waals surface area contributed by atoms with Gasteiger partial charge in [0.25, 0.3) is 0 Å². The maximum Gasteiger partial charge on any atom is 0.0145 e. The van der Waals surface area contributed by atoms with Crippen LogP contribution in [0.3, 0.4) is 0 Å². The van der Waals surface area contributed by atoms with Crippen LogP contribution in [0.5, 0.6) is 0 Å². The molecule has 1 nitrogen and oxygen atoms in total. The van der Waals surface area contributed by atoms with Gasteiger partial charge in [-0.15, -0.1) is 0 Å². The third-order valence-electron chi connectivity index (χ3n) is 1.98. The number of nitrogens with one attached hydrogen (secondary N) is 1. The fourth-order valence-electron chi connectivity index (χ4n) is 1.26. The average molecular weight is 163 g/mol. The first-order chi connectivity index (χ1) is 5.86. The van der Waals surface area contributed by atoms with Crippen LogP contribution in [0.2, 0.25) is 0 Å². The minimum atomic E-state index is 1.01. The van der Waals surface area contributed by atoms with Crippen molar-refractivity contribution in [1.29, 1.82) is 0 Å². The lowest BCUT2D eigenvalue weighted by Crippen LogP contribution is -2.10. The smallest absolute Gasteiger partial charge is 0.0145 e. The number of rotatable bonds is 3. The molecule has 0 fully saturated rings. The summed E-state index contributed by atoms with van der Waals surface area (Å²) in [6.45, 7) is 5.32. The molecule has 0 aliphatic heterocycles. The molecule has 0 unspecified atom stereocenters. The van der Waals surface area contributed by atoms with E-state index in [1.54, 1.807) is 0 Å². The van der Waals surface area contributed by atoms with Gasteiger partial charge in [-0.05, 0) is 25.0 Å². The van der Waals surface area contributed by atoms with Crippen LogP contribution < -0.4 is 5.32 Å². The highest BCUT2D eigenvalue weighted by molar-refractivity contribution is 5.29. The van der Waals surface area contributed by atoms with Gasteiger partial charge < -0.3 is 5.32 Å². The van der Waals surface area contributed by atoms with Crippen LogP contribution >= 0.6 is 0 Å². The summed E-state index contributed by atoms with van der Waals surface area (Å²) in [5.74, 6) is 0. The van der Waals surface area contributed by atoms with Gasteiger partial charge in [-0.3, -0.25) is 0 Å². The lowest BCUT2D eigenvalue weighted by molar-refractivity contribution is 0.828. The van der Waals surface area contributed by atoms with Crippen LogP contribution in [0.1, 0.15) is 26.7 Å². The van der Waals surface area contributed by atoms with Crippen LogP contribution in [0.25, 0.3) is 0 Å². The van der Waals surface area contributed by atoms with Crippen LogP contribution in [0, 0.1) is 0 Å². The Balaban J connectivity index is 2.63. The summed E-state index contributed by atoms with van der Waals surface area (Å²) in [6, 6.07) is 0. The van der Waals surface area contributed by atoms with Gasteiger partial charge in [-0.1, -0.05) is 25.2 Å². The standard InChI is InChI=1S/C11H17N/c1-3-10-6-5-7-11(9-8-10)12-4-2/h5-6,8-9,12H,3-4,7H2,1-2H3. The van der Waals surface area contributed by atoms with Crippen LogP contribution in [0.4, 0.5) is 0 Å². The molecule has 0 bridgehead atoms. The van der Waals surface area contributed by atoms with Gasteiger partial charge in [0.15, 0.2) is 0 Å². The quantitative estimate of drug-likeness (QED) is 0.674. The minimum Gasteiger partial charge on any atom is -0.388 e. The molecule has 0 amide bonds. The molecule has 12 heavy (non-hydrogen) atoms. The van der Waals surface area contributed by atoms with Crippen LogP contribution in [0.15, 0.2) is 35.6 Å². The van der Waals surface area contributed by atoms with Gasteiger partial charge in [0.2, 0.25) is 0 Å². The second-order valence-corrected chi connectivity index (χ2v) is 2.92. The summed E-state index contributed by atoms with van der Waals surface area (Å²) in [7, 11) is 0. The molecule has 0 heterocycles. The summed E-state index contributed by atoms with van der Waals surface area (Å²) < 4.78 is 0. The normalized spacial score (nSPS) is 16.5. The Bertz CT molecular complexity index is 221. The summed E-state index contributed by atoms with van der Waals surface area (Å²) in [5, 5.41) is 3.33. The van der Waals surface area contributed by atoms with Crippen molar-refractivity contribution in [3.8, 4) is 0 Å². The molecule has 0 spiro atoms. The second-order valence-electron chi connectivity index (χ2n) is 2.92. The Hall–Kier alpha value is -0.980. The first-order valence-corrected chi connectivity index (χ1v) is 4.67. The van der Waals surface area contributed by atoms with Crippen molar-refractivity contribution in [3.05, 3.63) is 35.6 Å². The fraction of sp³-hybridized carbons (Fsp3) is 0.455. The SMILES string of the molecule is CCNC1=CC=C(CC)C=CC1. The number of allylic oxidation sites excluding steroid dienone is 5. The van der Waals surface area contributed by atoms with Gasteiger partial charge in [0, 0.05) is 18.7 Å². The third-order valence-corrected chi connectivity index (χ3v) is 1.98. The second kappa shape index (κ2) is 4.81. The van der Waals surface area contributed by atoms with Crippen molar-refractivity contribution in [1.82, 2.24) is 5.32 Å². The van der Waals surface area contributed by atoms with Gasteiger partial charge in [0.05, 0.1) is 0 Å². The predicted molar refractivity (Wildman–Crippen MR) is 53.9 cm³/mol. The Labute approximate surface area is 74.9 Å². The molecule has 0 radical (unpaired) electrons. The van der Waals surface area contributed by atoms with Gasteiger partial charge in [-0.2, -0.15) is 0 Å². The van der Waals surface area contributed by atoms with Crippen molar-refractivity contribution in [2.24, 2.45) is 0 Å². The summed E-state index contributed by atoms with van der Waals surface area (Å²) in [6.07, 6.45) is 11.0.